The fourth-order valence-electron chi connectivity index (χ4n) is 1.68. The highest BCUT2D eigenvalue weighted by molar-refractivity contribution is 6.10. The Labute approximate surface area is 102 Å². The van der Waals surface area contributed by atoms with E-state index in [4.69, 9.17) is 0 Å². The van der Waals surface area contributed by atoms with Crippen molar-refractivity contribution in [3.63, 3.8) is 0 Å². The SMILES string of the molecule is O=C(Nc1ncccn1)c1cccc2[nH]cnc12. The molecule has 6 nitrogen and oxygen atoms in total. The molecule has 0 spiro atoms. The fourth-order valence-corrected chi connectivity index (χ4v) is 1.68. The number of carbonyl (C=O) groups excluding carboxylic acids is 1. The first-order chi connectivity index (χ1) is 8.84. The van der Waals surface area contributed by atoms with Crippen LogP contribution >= 0.6 is 0 Å². The molecule has 0 saturated carbocycles. The Hall–Kier alpha value is -2.76. The van der Waals surface area contributed by atoms with Gasteiger partial charge in [0.25, 0.3) is 5.91 Å². The molecule has 2 aromatic heterocycles. The van der Waals surface area contributed by atoms with E-state index in [1.54, 1.807) is 36.9 Å². The van der Waals surface area contributed by atoms with Crippen LogP contribution in [0.15, 0.2) is 43.0 Å². The molecule has 0 aliphatic rings. The molecular formula is C12H9N5O. The first-order valence-electron chi connectivity index (χ1n) is 5.35. The lowest BCUT2D eigenvalue weighted by molar-refractivity contribution is 0.102. The first kappa shape index (κ1) is 10.4. The molecule has 0 radical (unpaired) electrons. The molecule has 3 aromatic rings. The molecule has 0 unspecified atom stereocenters. The molecule has 0 aliphatic carbocycles. The van der Waals surface area contributed by atoms with E-state index in [0.29, 0.717) is 11.1 Å². The number of H-pyrrole nitrogens is 1. The molecule has 3 rings (SSSR count). The summed E-state index contributed by atoms with van der Waals surface area (Å²) in [6, 6.07) is 7.05. The second-order valence-electron chi connectivity index (χ2n) is 3.63. The summed E-state index contributed by atoms with van der Waals surface area (Å²) >= 11 is 0. The van der Waals surface area contributed by atoms with Crippen molar-refractivity contribution in [3.05, 3.63) is 48.5 Å². The van der Waals surface area contributed by atoms with E-state index < -0.39 is 0 Å². The number of amides is 1. The molecule has 0 aliphatic heterocycles. The molecule has 0 bridgehead atoms. The molecule has 88 valence electrons. The molecular weight excluding hydrogens is 230 g/mol. The maximum Gasteiger partial charge on any atom is 0.260 e. The van der Waals surface area contributed by atoms with Gasteiger partial charge in [0, 0.05) is 12.4 Å². The number of aromatic nitrogens is 4. The highest BCUT2D eigenvalue weighted by atomic mass is 16.1. The molecule has 2 N–H and O–H groups in total. The summed E-state index contributed by atoms with van der Waals surface area (Å²) in [4.78, 5) is 27.0. The van der Waals surface area contributed by atoms with E-state index in [1.807, 2.05) is 6.07 Å². The number of rotatable bonds is 2. The number of imidazole rings is 1. The average molecular weight is 239 g/mol. The lowest BCUT2D eigenvalue weighted by Gasteiger charge is -2.03. The average Bonchev–Trinajstić information content (AvgIpc) is 2.87. The zero-order valence-corrected chi connectivity index (χ0v) is 9.29. The molecule has 2 heterocycles. The van der Waals surface area contributed by atoms with Crippen molar-refractivity contribution in [3.8, 4) is 0 Å². The standard InChI is InChI=1S/C12H9N5O/c18-11(17-12-13-5-2-6-14-12)8-3-1-4-9-10(8)16-7-15-9/h1-7H,(H,15,16)(H,13,14,17,18). The zero-order valence-electron chi connectivity index (χ0n) is 9.29. The number of nitrogens with one attached hydrogen (secondary N) is 2. The van der Waals surface area contributed by atoms with Crippen LogP contribution in [0.3, 0.4) is 0 Å². The highest BCUT2D eigenvalue weighted by Gasteiger charge is 2.12. The van der Waals surface area contributed by atoms with E-state index in [2.05, 4.69) is 25.3 Å². The maximum absolute atomic E-state index is 12.1. The Morgan fingerprint density at radius 2 is 1.94 bits per heavy atom. The van der Waals surface area contributed by atoms with Gasteiger partial charge in [-0.25, -0.2) is 15.0 Å². The van der Waals surface area contributed by atoms with Crippen molar-refractivity contribution in [2.24, 2.45) is 0 Å². The molecule has 0 saturated heterocycles. The van der Waals surface area contributed by atoms with E-state index in [-0.39, 0.29) is 11.9 Å². The lowest BCUT2D eigenvalue weighted by atomic mass is 10.2. The number of hydrogen-bond acceptors (Lipinski definition) is 4. The van der Waals surface area contributed by atoms with E-state index in [9.17, 15) is 4.79 Å². The summed E-state index contributed by atoms with van der Waals surface area (Å²) in [6.45, 7) is 0. The van der Waals surface area contributed by atoms with Gasteiger partial charge in [-0.2, -0.15) is 0 Å². The van der Waals surface area contributed by atoms with Gasteiger partial charge in [0.05, 0.1) is 17.4 Å². The van der Waals surface area contributed by atoms with Gasteiger partial charge in [0.2, 0.25) is 5.95 Å². The molecule has 1 aromatic carbocycles. The zero-order chi connectivity index (χ0) is 12.4. The maximum atomic E-state index is 12.1. The Morgan fingerprint density at radius 1 is 1.11 bits per heavy atom. The fraction of sp³-hybridized carbons (Fsp3) is 0. The monoisotopic (exact) mass is 239 g/mol. The Bertz CT molecular complexity index is 692. The normalized spacial score (nSPS) is 10.4. The van der Waals surface area contributed by atoms with Crippen LogP contribution in [0.2, 0.25) is 0 Å². The van der Waals surface area contributed by atoms with Gasteiger partial charge in [0.15, 0.2) is 0 Å². The minimum absolute atomic E-state index is 0.273. The van der Waals surface area contributed by atoms with Crippen molar-refractivity contribution in [1.29, 1.82) is 0 Å². The Morgan fingerprint density at radius 3 is 2.78 bits per heavy atom. The van der Waals surface area contributed by atoms with Crippen LogP contribution in [-0.4, -0.2) is 25.8 Å². The van der Waals surface area contributed by atoms with Crippen LogP contribution in [0, 0.1) is 0 Å². The number of carbonyl (C=O) groups is 1. The number of para-hydroxylation sites is 1. The molecule has 18 heavy (non-hydrogen) atoms. The van der Waals surface area contributed by atoms with Crippen molar-refractivity contribution >= 4 is 22.9 Å². The van der Waals surface area contributed by atoms with Crippen LogP contribution in [0.4, 0.5) is 5.95 Å². The minimum Gasteiger partial charge on any atom is -0.345 e. The topological polar surface area (TPSA) is 83.6 Å². The number of fused-ring (bicyclic) bond motifs is 1. The third kappa shape index (κ3) is 1.80. The van der Waals surface area contributed by atoms with Crippen molar-refractivity contribution in [2.45, 2.75) is 0 Å². The predicted molar refractivity (Wildman–Crippen MR) is 66.1 cm³/mol. The van der Waals surface area contributed by atoms with Gasteiger partial charge in [-0.1, -0.05) is 6.07 Å². The summed E-state index contributed by atoms with van der Waals surface area (Å²) in [5.74, 6) is -0.00561. The molecule has 1 amide bonds. The van der Waals surface area contributed by atoms with Gasteiger partial charge in [-0.05, 0) is 18.2 Å². The number of aromatic amines is 1. The summed E-state index contributed by atoms with van der Waals surface area (Å²) in [6.07, 6.45) is 4.69. The first-order valence-corrected chi connectivity index (χ1v) is 5.35. The van der Waals surface area contributed by atoms with Crippen molar-refractivity contribution in [2.75, 3.05) is 5.32 Å². The Balaban J connectivity index is 1.95. The molecule has 0 fully saturated rings. The Kier molecular flexibility index (Phi) is 2.45. The molecule has 0 atom stereocenters. The van der Waals surface area contributed by atoms with Gasteiger partial charge in [-0.3, -0.25) is 10.1 Å². The number of benzene rings is 1. The van der Waals surface area contributed by atoms with Gasteiger partial charge < -0.3 is 4.98 Å². The smallest absolute Gasteiger partial charge is 0.260 e. The van der Waals surface area contributed by atoms with E-state index in [1.165, 1.54) is 0 Å². The van der Waals surface area contributed by atoms with E-state index in [0.717, 1.165) is 5.52 Å². The third-order valence-electron chi connectivity index (χ3n) is 2.49. The number of hydrogen-bond donors (Lipinski definition) is 2. The summed E-state index contributed by atoms with van der Waals surface area (Å²) in [7, 11) is 0. The van der Waals surface area contributed by atoms with Crippen molar-refractivity contribution in [1.82, 2.24) is 19.9 Å². The van der Waals surface area contributed by atoms with Crippen LogP contribution in [0.25, 0.3) is 11.0 Å². The summed E-state index contributed by atoms with van der Waals surface area (Å²) < 4.78 is 0. The second-order valence-corrected chi connectivity index (χ2v) is 3.63. The van der Waals surface area contributed by atoms with Gasteiger partial charge >= 0.3 is 0 Å². The largest absolute Gasteiger partial charge is 0.345 e. The third-order valence-corrected chi connectivity index (χ3v) is 2.49. The predicted octanol–water partition coefficient (Wildman–Crippen LogP) is 1.61. The van der Waals surface area contributed by atoms with Crippen LogP contribution in [0.1, 0.15) is 10.4 Å². The highest BCUT2D eigenvalue weighted by Crippen LogP contribution is 2.15. The number of nitrogens with zero attached hydrogens (tertiary/aromatic N) is 3. The summed E-state index contributed by atoms with van der Waals surface area (Å²) in [5.41, 5.74) is 1.93. The minimum atomic E-state index is -0.279. The lowest BCUT2D eigenvalue weighted by Crippen LogP contribution is -2.14. The summed E-state index contributed by atoms with van der Waals surface area (Å²) in [5, 5.41) is 2.63. The van der Waals surface area contributed by atoms with Gasteiger partial charge in [0.1, 0.15) is 5.52 Å². The van der Waals surface area contributed by atoms with E-state index >= 15 is 0 Å². The second kappa shape index (κ2) is 4.25. The quantitative estimate of drug-likeness (QED) is 0.711. The van der Waals surface area contributed by atoms with Crippen LogP contribution in [-0.2, 0) is 0 Å². The van der Waals surface area contributed by atoms with Crippen LogP contribution < -0.4 is 5.32 Å². The van der Waals surface area contributed by atoms with Crippen LogP contribution in [0.5, 0.6) is 0 Å². The number of anilines is 1. The van der Waals surface area contributed by atoms with Gasteiger partial charge in [-0.15, -0.1) is 0 Å². The molecule has 6 heteroatoms. The van der Waals surface area contributed by atoms with Crippen molar-refractivity contribution < 1.29 is 4.79 Å².